The molecule has 1 aromatic heterocycles. The average Bonchev–Trinajstić information content (AvgIpc) is 2.76. The molecule has 0 spiro atoms. The number of hydrogen-bond donors (Lipinski definition) is 1. The van der Waals surface area contributed by atoms with Gasteiger partial charge < -0.3 is 5.32 Å². The summed E-state index contributed by atoms with van der Waals surface area (Å²) in [5.74, 6) is -0.413. The van der Waals surface area contributed by atoms with Crippen molar-refractivity contribution >= 4 is 40.4 Å². The van der Waals surface area contributed by atoms with Crippen LogP contribution in [0.25, 0.3) is 0 Å². The number of benzene rings is 1. The fourth-order valence-corrected chi connectivity index (χ4v) is 3.00. The van der Waals surface area contributed by atoms with E-state index in [1.54, 1.807) is 24.3 Å². The first-order valence-electron chi connectivity index (χ1n) is 5.32. The van der Waals surface area contributed by atoms with Crippen molar-refractivity contribution in [3.05, 3.63) is 56.2 Å². The first kappa shape index (κ1) is 13.9. The van der Waals surface area contributed by atoms with E-state index in [1.807, 2.05) is 12.1 Å². The van der Waals surface area contributed by atoms with E-state index in [0.717, 1.165) is 16.9 Å². The van der Waals surface area contributed by atoms with E-state index in [1.165, 1.54) is 6.07 Å². The van der Waals surface area contributed by atoms with E-state index in [9.17, 15) is 4.79 Å². The summed E-state index contributed by atoms with van der Waals surface area (Å²) in [6.45, 7) is 0. The molecule has 0 aliphatic heterocycles. The smallest absolute Gasteiger partial charge is 0.255 e. The lowest BCUT2D eigenvalue weighted by Gasteiger charge is -2.11. The highest BCUT2D eigenvalue weighted by molar-refractivity contribution is 7.20. The quantitative estimate of drug-likeness (QED) is 0.929. The zero-order valence-electron chi connectivity index (χ0n) is 9.56. The Kier molecular flexibility index (Phi) is 4.43. The minimum atomic E-state index is -0.719. The van der Waals surface area contributed by atoms with E-state index in [0.29, 0.717) is 8.67 Å². The van der Waals surface area contributed by atoms with Gasteiger partial charge in [0.05, 0.1) is 16.0 Å². The van der Waals surface area contributed by atoms with Gasteiger partial charge in [-0.15, -0.1) is 11.3 Å². The number of halogens is 2. The molecular weight excluding hydrogens is 303 g/mol. The second-order valence-corrected chi connectivity index (χ2v) is 5.97. The Morgan fingerprint density at radius 1 is 1.32 bits per heavy atom. The molecule has 0 aliphatic carbocycles. The topological polar surface area (TPSA) is 52.9 Å². The summed E-state index contributed by atoms with van der Waals surface area (Å²) in [6.07, 6.45) is 0. The number of carbonyl (C=O) groups is 1. The maximum absolute atomic E-state index is 12.0. The van der Waals surface area contributed by atoms with Crippen molar-refractivity contribution in [2.75, 3.05) is 0 Å². The van der Waals surface area contributed by atoms with Crippen LogP contribution in [-0.2, 0) is 0 Å². The summed E-state index contributed by atoms with van der Waals surface area (Å²) in [5.41, 5.74) is 1.00. The monoisotopic (exact) mass is 310 g/mol. The van der Waals surface area contributed by atoms with Gasteiger partial charge in [-0.25, -0.2) is 0 Å². The molecular formula is C13H8Cl2N2OS. The number of carbonyl (C=O) groups excluding carboxylic acids is 1. The lowest BCUT2D eigenvalue weighted by atomic mass is 10.1. The molecule has 0 fully saturated rings. The van der Waals surface area contributed by atoms with Crippen molar-refractivity contribution in [2.24, 2.45) is 0 Å². The molecule has 1 unspecified atom stereocenters. The van der Waals surface area contributed by atoms with E-state index >= 15 is 0 Å². The van der Waals surface area contributed by atoms with Crippen LogP contribution in [0.2, 0.25) is 8.67 Å². The van der Waals surface area contributed by atoms with Crippen molar-refractivity contribution in [2.45, 2.75) is 6.04 Å². The third-order valence-electron chi connectivity index (χ3n) is 2.44. The van der Waals surface area contributed by atoms with Gasteiger partial charge in [-0.3, -0.25) is 4.79 Å². The Morgan fingerprint density at radius 2 is 2.00 bits per heavy atom. The predicted molar refractivity (Wildman–Crippen MR) is 76.6 cm³/mol. The summed E-state index contributed by atoms with van der Waals surface area (Å²) in [5, 5.41) is 11.7. The summed E-state index contributed by atoms with van der Waals surface area (Å²) >= 11 is 12.8. The molecule has 1 atom stereocenters. The van der Waals surface area contributed by atoms with Crippen molar-refractivity contribution in [1.82, 2.24) is 5.32 Å². The Labute approximate surface area is 124 Å². The molecule has 0 saturated heterocycles. The SMILES string of the molecule is N#CC(NC(=O)c1cc(Cl)sc1Cl)c1ccccc1. The van der Waals surface area contributed by atoms with Gasteiger partial charge in [-0.2, -0.15) is 5.26 Å². The van der Waals surface area contributed by atoms with Gasteiger partial charge in [-0.05, 0) is 11.6 Å². The van der Waals surface area contributed by atoms with Gasteiger partial charge in [0.1, 0.15) is 10.4 Å². The normalized spacial score (nSPS) is 11.6. The first-order chi connectivity index (χ1) is 9.11. The molecule has 1 amide bonds. The van der Waals surface area contributed by atoms with Crippen molar-refractivity contribution < 1.29 is 4.79 Å². The number of hydrogen-bond acceptors (Lipinski definition) is 3. The van der Waals surface area contributed by atoms with Crippen molar-refractivity contribution in [3.63, 3.8) is 0 Å². The molecule has 0 saturated carbocycles. The molecule has 0 bridgehead atoms. The van der Waals surface area contributed by atoms with Gasteiger partial charge in [0.15, 0.2) is 0 Å². The highest BCUT2D eigenvalue weighted by Crippen LogP contribution is 2.31. The number of nitrogens with one attached hydrogen (secondary N) is 1. The van der Waals surface area contributed by atoms with Crippen LogP contribution in [0, 0.1) is 11.3 Å². The summed E-state index contributed by atoms with van der Waals surface area (Å²) in [4.78, 5) is 12.0. The largest absolute Gasteiger partial charge is 0.332 e. The van der Waals surface area contributed by atoms with Crippen LogP contribution in [0.1, 0.15) is 22.0 Å². The number of amides is 1. The highest BCUT2D eigenvalue weighted by atomic mass is 35.5. The number of rotatable bonds is 3. The van der Waals surface area contributed by atoms with Gasteiger partial charge in [0.25, 0.3) is 5.91 Å². The summed E-state index contributed by atoms with van der Waals surface area (Å²) in [6, 6.07) is 11.8. The second kappa shape index (κ2) is 6.07. The Balaban J connectivity index is 2.18. The van der Waals surface area contributed by atoms with Crippen LogP contribution < -0.4 is 5.32 Å². The Morgan fingerprint density at radius 3 is 2.53 bits per heavy atom. The lowest BCUT2D eigenvalue weighted by Crippen LogP contribution is -2.27. The molecule has 1 N–H and O–H groups in total. The van der Waals surface area contributed by atoms with Crippen LogP contribution in [0.5, 0.6) is 0 Å². The first-order valence-corrected chi connectivity index (χ1v) is 6.89. The lowest BCUT2D eigenvalue weighted by molar-refractivity contribution is 0.0946. The van der Waals surface area contributed by atoms with Crippen LogP contribution in [0.3, 0.4) is 0 Å². The third-order valence-corrected chi connectivity index (χ3v) is 3.93. The van der Waals surface area contributed by atoms with E-state index in [4.69, 9.17) is 28.5 Å². The maximum Gasteiger partial charge on any atom is 0.255 e. The van der Waals surface area contributed by atoms with Crippen LogP contribution in [-0.4, -0.2) is 5.91 Å². The van der Waals surface area contributed by atoms with E-state index in [2.05, 4.69) is 5.32 Å². The molecule has 1 heterocycles. The molecule has 6 heteroatoms. The van der Waals surface area contributed by atoms with Gasteiger partial charge in [0, 0.05) is 0 Å². The Hall–Kier alpha value is -1.54. The van der Waals surface area contributed by atoms with Gasteiger partial charge in [0.2, 0.25) is 0 Å². The number of nitriles is 1. The van der Waals surface area contributed by atoms with E-state index < -0.39 is 11.9 Å². The van der Waals surface area contributed by atoms with E-state index in [-0.39, 0.29) is 5.56 Å². The standard InChI is InChI=1S/C13H8Cl2N2OS/c14-11-6-9(12(15)19-11)13(18)17-10(7-16)8-4-2-1-3-5-8/h1-6,10H,(H,17,18). The van der Waals surface area contributed by atoms with Crippen LogP contribution in [0.4, 0.5) is 0 Å². The zero-order valence-corrected chi connectivity index (χ0v) is 11.9. The molecule has 0 radical (unpaired) electrons. The van der Waals surface area contributed by atoms with Gasteiger partial charge in [-0.1, -0.05) is 53.5 Å². The molecule has 19 heavy (non-hydrogen) atoms. The number of nitrogens with zero attached hydrogens (tertiary/aromatic N) is 1. The third kappa shape index (κ3) is 3.27. The highest BCUT2D eigenvalue weighted by Gasteiger charge is 2.18. The molecule has 2 aromatic rings. The van der Waals surface area contributed by atoms with Crippen molar-refractivity contribution in [1.29, 1.82) is 5.26 Å². The van der Waals surface area contributed by atoms with Gasteiger partial charge >= 0.3 is 0 Å². The summed E-state index contributed by atoms with van der Waals surface area (Å²) in [7, 11) is 0. The van der Waals surface area contributed by atoms with Crippen LogP contribution in [0.15, 0.2) is 36.4 Å². The fourth-order valence-electron chi connectivity index (χ4n) is 1.54. The minimum absolute atomic E-state index is 0.285. The molecule has 0 aliphatic rings. The fraction of sp³-hybridized carbons (Fsp3) is 0.0769. The zero-order chi connectivity index (χ0) is 13.8. The maximum atomic E-state index is 12.0. The minimum Gasteiger partial charge on any atom is -0.332 e. The second-order valence-electron chi connectivity index (χ2n) is 3.68. The van der Waals surface area contributed by atoms with Crippen LogP contribution >= 0.6 is 34.5 Å². The number of thiophene rings is 1. The molecule has 3 nitrogen and oxygen atoms in total. The summed E-state index contributed by atoms with van der Waals surface area (Å²) < 4.78 is 0.746. The Bertz CT molecular complexity index is 634. The average molecular weight is 311 g/mol. The predicted octanol–water partition coefficient (Wildman–Crippen LogP) is 4.05. The molecule has 1 aromatic carbocycles. The molecule has 96 valence electrons. The van der Waals surface area contributed by atoms with Crippen molar-refractivity contribution in [3.8, 4) is 6.07 Å². The molecule has 2 rings (SSSR count).